The van der Waals surface area contributed by atoms with Gasteiger partial charge in [0.25, 0.3) is 0 Å². The van der Waals surface area contributed by atoms with E-state index in [0.29, 0.717) is 17.5 Å². The van der Waals surface area contributed by atoms with Crippen LogP contribution in [-0.2, 0) is 0 Å². The van der Waals surface area contributed by atoms with Gasteiger partial charge in [-0.05, 0) is 64.0 Å². The van der Waals surface area contributed by atoms with Gasteiger partial charge < -0.3 is 4.42 Å². The van der Waals surface area contributed by atoms with E-state index in [1.54, 1.807) is 0 Å². The third kappa shape index (κ3) is 4.90. The molecule has 0 fully saturated rings. The maximum atomic E-state index is 6.63. The highest BCUT2D eigenvalue weighted by molar-refractivity contribution is 6.26. The topological polar surface area (TPSA) is 74.6 Å². The lowest BCUT2D eigenvalue weighted by Gasteiger charge is -2.13. The van der Waals surface area contributed by atoms with Gasteiger partial charge in [-0.3, -0.25) is 9.13 Å². The van der Waals surface area contributed by atoms with Crippen LogP contribution in [0.1, 0.15) is 0 Å². The first-order chi connectivity index (χ1) is 31.2. The third-order valence-corrected chi connectivity index (χ3v) is 12.7. The number of hydrogen-bond donors (Lipinski definition) is 0. The highest BCUT2D eigenvalue weighted by Gasteiger charge is 2.26. The quantitative estimate of drug-likeness (QED) is 0.177. The van der Waals surface area contributed by atoms with Crippen molar-refractivity contribution in [3.05, 3.63) is 194 Å². The molecule has 0 aliphatic rings. The van der Waals surface area contributed by atoms with E-state index in [2.05, 4.69) is 179 Å². The monoisotopic (exact) mass is 804 g/mol. The van der Waals surface area contributed by atoms with Crippen molar-refractivity contribution in [3.63, 3.8) is 0 Å². The number of benzene rings is 9. The van der Waals surface area contributed by atoms with E-state index in [0.717, 1.165) is 110 Å². The Labute approximate surface area is 358 Å². The second-order valence-electron chi connectivity index (χ2n) is 16.2. The summed E-state index contributed by atoms with van der Waals surface area (Å²) in [5.74, 6) is 1.17. The van der Waals surface area contributed by atoms with Gasteiger partial charge in [-0.25, -0.2) is 19.9 Å². The fraction of sp³-hybridized carbons (Fsp3) is 0. The molecule has 14 rings (SSSR count). The van der Waals surface area contributed by atoms with Crippen molar-refractivity contribution in [2.75, 3.05) is 0 Å². The van der Waals surface area contributed by atoms with Gasteiger partial charge >= 0.3 is 0 Å². The molecule has 7 nitrogen and oxygen atoms in total. The van der Waals surface area contributed by atoms with Crippen LogP contribution in [0.15, 0.2) is 199 Å². The first kappa shape index (κ1) is 34.1. The summed E-state index contributed by atoms with van der Waals surface area (Å²) >= 11 is 0. The Morgan fingerprint density at radius 3 is 1.90 bits per heavy atom. The van der Waals surface area contributed by atoms with Crippen LogP contribution in [0.25, 0.3) is 133 Å². The minimum atomic E-state index is 0.561. The standard InChI is InChI=1S/C56H32N6O/c1-2-16-35-32-36(29-28-33(35)14-1)50-41-20-5-9-24-44(41)57-55(58-50)62-45-25-10-6-19-38(45)40-30-31-47-49(53(40)62)42-21-7-11-26-46(42)61(47)56-59-51(39-23-13-17-34-15-3-4-18-37(34)39)54-52(60-56)43-22-8-12-27-48(43)63-54/h1-32H. The number of aromatic nitrogens is 6. The van der Waals surface area contributed by atoms with Gasteiger partial charge in [0.1, 0.15) is 16.8 Å². The predicted molar refractivity (Wildman–Crippen MR) is 257 cm³/mol. The molecule has 0 unspecified atom stereocenters. The molecule has 5 aromatic heterocycles. The van der Waals surface area contributed by atoms with Gasteiger partial charge in [-0.2, -0.15) is 0 Å². The van der Waals surface area contributed by atoms with Gasteiger partial charge in [0.2, 0.25) is 11.9 Å². The first-order valence-electron chi connectivity index (χ1n) is 21.1. The minimum absolute atomic E-state index is 0.561. The molecule has 0 radical (unpaired) electrons. The Morgan fingerprint density at radius 1 is 0.381 bits per heavy atom. The normalized spacial score (nSPS) is 12.1. The summed E-state index contributed by atoms with van der Waals surface area (Å²) in [7, 11) is 0. The minimum Gasteiger partial charge on any atom is -0.452 e. The first-order valence-corrected chi connectivity index (χ1v) is 21.1. The van der Waals surface area contributed by atoms with Crippen molar-refractivity contribution >= 4 is 98.1 Å². The number of fused-ring (bicyclic) bond motifs is 13. The molecule has 0 N–H and O–H groups in total. The predicted octanol–water partition coefficient (Wildman–Crippen LogP) is 14.2. The maximum absolute atomic E-state index is 6.63. The Hall–Kier alpha value is -8.68. The van der Waals surface area contributed by atoms with Crippen molar-refractivity contribution in [3.8, 4) is 34.4 Å². The molecule has 0 amide bonds. The molecule has 0 atom stereocenters. The van der Waals surface area contributed by atoms with E-state index in [4.69, 9.17) is 24.4 Å². The smallest absolute Gasteiger partial charge is 0.236 e. The summed E-state index contributed by atoms with van der Waals surface area (Å²) in [6, 6.07) is 67.8. The Bertz CT molecular complexity index is 4230. The summed E-state index contributed by atoms with van der Waals surface area (Å²) in [4.78, 5) is 21.8. The van der Waals surface area contributed by atoms with Crippen molar-refractivity contribution in [2.45, 2.75) is 0 Å². The van der Waals surface area contributed by atoms with E-state index < -0.39 is 0 Å². The second-order valence-corrected chi connectivity index (χ2v) is 16.2. The zero-order valence-electron chi connectivity index (χ0n) is 33.6. The van der Waals surface area contributed by atoms with Gasteiger partial charge in [-0.1, -0.05) is 152 Å². The molecule has 0 aliphatic heterocycles. The van der Waals surface area contributed by atoms with Crippen LogP contribution in [0.3, 0.4) is 0 Å². The van der Waals surface area contributed by atoms with E-state index >= 15 is 0 Å². The van der Waals surface area contributed by atoms with Gasteiger partial charge in [0.15, 0.2) is 5.58 Å². The molecule has 7 heteroatoms. The molecule has 5 heterocycles. The van der Waals surface area contributed by atoms with Crippen molar-refractivity contribution in [1.29, 1.82) is 0 Å². The van der Waals surface area contributed by atoms with Gasteiger partial charge in [0.05, 0.1) is 33.3 Å². The lowest BCUT2D eigenvalue weighted by molar-refractivity contribution is 0.666. The van der Waals surface area contributed by atoms with Crippen LogP contribution >= 0.6 is 0 Å². The average Bonchev–Trinajstić information content (AvgIpc) is 4.01. The number of para-hydroxylation sites is 4. The van der Waals surface area contributed by atoms with Crippen LogP contribution in [-0.4, -0.2) is 29.1 Å². The summed E-state index contributed by atoms with van der Waals surface area (Å²) in [6.07, 6.45) is 0. The van der Waals surface area contributed by atoms with Crippen molar-refractivity contribution < 1.29 is 4.42 Å². The molecule has 0 bridgehead atoms. The molecule has 9 aromatic carbocycles. The molecule has 0 saturated heterocycles. The molecule has 0 aliphatic carbocycles. The highest BCUT2D eigenvalue weighted by atomic mass is 16.3. The largest absolute Gasteiger partial charge is 0.452 e. The molecule has 292 valence electrons. The third-order valence-electron chi connectivity index (χ3n) is 12.7. The molecule has 0 saturated carbocycles. The summed E-state index contributed by atoms with van der Waals surface area (Å²) in [5.41, 5.74) is 10.7. The van der Waals surface area contributed by atoms with Gasteiger partial charge in [-0.15, -0.1) is 0 Å². The lowest BCUT2D eigenvalue weighted by Crippen LogP contribution is -2.04. The van der Waals surface area contributed by atoms with E-state index in [-0.39, 0.29) is 0 Å². The summed E-state index contributed by atoms with van der Waals surface area (Å²) in [6.45, 7) is 0. The van der Waals surface area contributed by atoms with Crippen LogP contribution in [0, 0.1) is 0 Å². The van der Waals surface area contributed by atoms with E-state index in [1.807, 2.05) is 24.3 Å². The molecule has 14 aromatic rings. The molecule has 0 spiro atoms. The number of furan rings is 1. The van der Waals surface area contributed by atoms with Crippen LogP contribution in [0.5, 0.6) is 0 Å². The zero-order valence-corrected chi connectivity index (χ0v) is 33.6. The number of nitrogens with zero attached hydrogens (tertiary/aromatic N) is 6. The highest BCUT2D eigenvalue weighted by Crippen LogP contribution is 2.43. The molecule has 63 heavy (non-hydrogen) atoms. The SMILES string of the molecule is c1ccc2cc(-c3nc(-n4c5ccccc5c5ccc6c(c7ccccc7n6-c6nc(-c7cccc8ccccc78)c7oc8ccccc8c7n6)c54)nc4ccccc34)ccc2c1. The number of rotatable bonds is 4. The molecular formula is C56H32N6O. The Balaban J connectivity index is 1.10. The van der Waals surface area contributed by atoms with Crippen LogP contribution in [0.4, 0.5) is 0 Å². The second kappa shape index (κ2) is 12.9. The van der Waals surface area contributed by atoms with Crippen LogP contribution < -0.4 is 0 Å². The Kier molecular flexibility index (Phi) is 6.98. The average molecular weight is 805 g/mol. The van der Waals surface area contributed by atoms with E-state index in [9.17, 15) is 0 Å². The van der Waals surface area contributed by atoms with Crippen molar-refractivity contribution in [2.24, 2.45) is 0 Å². The fourth-order valence-corrected chi connectivity index (χ4v) is 9.95. The summed E-state index contributed by atoms with van der Waals surface area (Å²) in [5, 5.41) is 10.9. The van der Waals surface area contributed by atoms with Crippen LogP contribution in [0.2, 0.25) is 0 Å². The fourth-order valence-electron chi connectivity index (χ4n) is 9.95. The van der Waals surface area contributed by atoms with E-state index in [1.165, 1.54) is 5.39 Å². The Morgan fingerprint density at radius 2 is 1.03 bits per heavy atom. The van der Waals surface area contributed by atoms with Gasteiger partial charge in [0, 0.05) is 43.4 Å². The van der Waals surface area contributed by atoms with Crippen molar-refractivity contribution in [1.82, 2.24) is 29.1 Å². The lowest BCUT2D eigenvalue weighted by atomic mass is 10.0. The summed E-state index contributed by atoms with van der Waals surface area (Å²) < 4.78 is 11.1. The number of hydrogen-bond acceptors (Lipinski definition) is 5. The molecular weight excluding hydrogens is 773 g/mol. The zero-order chi connectivity index (χ0) is 41.2. The maximum Gasteiger partial charge on any atom is 0.236 e.